The molecule has 0 aliphatic rings. The second-order valence-electron chi connectivity index (χ2n) is 6.22. The van der Waals surface area contributed by atoms with Gasteiger partial charge in [-0.25, -0.2) is 4.98 Å². The van der Waals surface area contributed by atoms with Gasteiger partial charge in [-0.15, -0.1) is 0 Å². The molecule has 0 N–H and O–H groups in total. The van der Waals surface area contributed by atoms with E-state index in [0.717, 1.165) is 10.0 Å². The number of aromatic nitrogens is 2. The SMILES string of the molecule is COc1cccc(-n2c(C=Cc3cccc(Br)c3)nc3ccccc3c2=O)c1. The second kappa shape index (κ2) is 7.82. The lowest BCUT2D eigenvalue weighted by atomic mass is 10.2. The van der Waals surface area contributed by atoms with Crippen LogP contribution in [0.5, 0.6) is 5.75 Å². The van der Waals surface area contributed by atoms with Crippen LogP contribution in [0.15, 0.2) is 82.1 Å². The number of ether oxygens (including phenoxy) is 1. The third kappa shape index (κ3) is 3.62. The molecular formula is C23H17BrN2O2. The first kappa shape index (κ1) is 18.2. The van der Waals surface area contributed by atoms with Gasteiger partial charge in [0, 0.05) is 10.5 Å². The highest BCUT2D eigenvalue weighted by molar-refractivity contribution is 9.10. The minimum absolute atomic E-state index is 0.118. The summed E-state index contributed by atoms with van der Waals surface area (Å²) in [6.07, 6.45) is 3.80. The van der Waals surface area contributed by atoms with Gasteiger partial charge in [0.15, 0.2) is 0 Å². The van der Waals surface area contributed by atoms with Crippen LogP contribution in [0.3, 0.4) is 0 Å². The Morgan fingerprint density at radius 2 is 1.79 bits per heavy atom. The molecule has 0 spiro atoms. The zero-order chi connectivity index (χ0) is 19.5. The topological polar surface area (TPSA) is 44.1 Å². The maximum Gasteiger partial charge on any atom is 0.266 e. The number of hydrogen-bond acceptors (Lipinski definition) is 3. The molecule has 138 valence electrons. The Bertz CT molecular complexity index is 1240. The Morgan fingerprint density at radius 1 is 0.964 bits per heavy atom. The number of para-hydroxylation sites is 1. The van der Waals surface area contributed by atoms with Gasteiger partial charge in [-0.05, 0) is 48.0 Å². The maximum absolute atomic E-state index is 13.3. The Balaban J connectivity index is 1.94. The van der Waals surface area contributed by atoms with E-state index in [4.69, 9.17) is 9.72 Å². The highest BCUT2D eigenvalue weighted by atomic mass is 79.9. The molecule has 3 aromatic carbocycles. The van der Waals surface area contributed by atoms with Crippen LogP contribution in [0.1, 0.15) is 11.4 Å². The van der Waals surface area contributed by atoms with E-state index in [0.29, 0.717) is 28.2 Å². The van der Waals surface area contributed by atoms with Crippen molar-refractivity contribution in [1.29, 1.82) is 0 Å². The summed E-state index contributed by atoms with van der Waals surface area (Å²) in [4.78, 5) is 18.0. The van der Waals surface area contributed by atoms with Crippen molar-refractivity contribution in [2.24, 2.45) is 0 Å². The second-order valence-corrected chi connectivity index (χ2v) is 7.13. The van der Waals surface area contributed by atoms with Gasteiger partial charge in [-0.1, -0.05) is 52.3 Å². The van der Waals surface area contributed by atoms with E-state index in [9.17, 15) is 4.79 Å². The van der Waals surface area contributed by atoms with Gasteiger partial charge in [0.1, 0.15) is 11.6 Å². The number of rotatable bonds is 4. The van der Waals surface area contributed by atoms with E-state index in [1.54, 1.807) is 17.7 Å². The minimum atomic E-state index is -0.118. The fourth-order valence-electron chi connectivity index (χ4n) is 3.04. The molecule has 4 aromatic rings. The van der Waals surface area contributed by atoms with Crippen molar-refractivity contribution in [3.05, 3.63) is 99.0 Å². The molecule has 1 heterocycles. The van der Waals surface area contributed by atoms with Crippen molar-refractivity contribution >= 4 is 39.0 Å². The van der Waals surface area contributed by atoms with Crippen molar-refractivity contribution in [2.45, 2.75) is 0 Å². The molecule has 4 rings (SSSR count). The highest BCUT2D eigenvalue weighted by Gasteiger charge is 2.11. The van der Waals surface area contributed by atoms with Crippen LogP contribution in [-0.2, 0) is 0 Å². The standard InChI is InChI=1S/C23H17BrN2O2/c1-28-19-9-5-8-18(15-19)26-22(13-12-16-6-4-7-17(24)14-16)25-21-11-3-2-10-20(21)23(26)27/h2-15H,1H3. The average molecular weight is 433 g/mol. The first-order valence-corrected chi connectivity index (χ1v) is 9.55. The van der Waals surface area contributed by atoms with Crippen LogP contribution in [0, 0.1) is 0 Å². The largest absolute Gasteiger partial charge is 0.497 e. The molecule has 28 heavy (non-hydrogen) atoms. The van der Waals surface area contributed by atoms with E-state index in [1.807, 2.05) is 78.9 Å². The molecule has 0 aliphatic carbocycles. The Kier molecular flexibility index (Phi) is 5.08. The summed E-state index contributed by atoms with van der Waals surface area (Å²) in [5.41, 5.74) is 2.26. The van der Waals surface area contributed by atoms with Crippen molar-refractivity contribution in [1.82, 2.24) is 9.55 Å². The molecule has 0 atom stereocenters. The lowest BCUT2D eigenvalue weighted by Gasteiger charge is -2.12. The van der Waals surface area contributed by atoms with Gasteiger partial charge in [0.25, 0.3) is 5.56 Å². The highest BCUT2D eigenvalue weighted by Crippen LogP contribution is 2.20. The van der Waals surface area contributed by atoms with Gasteiger partial charge < -0.3 is 4.74 Å². The average Bonchev–Trinajstić information content (AvgIpc) is 2.72. The molecule has 1 aromatic heterocycles. The summed E-state index contributed by atoms with van der Waals surface area (Å²) >= 11 is 3.48. The minimum Gasteiger partial charge on any atom is -0.497 e. The van der Waals surface area contributed by atoms with Crippen molar-refractivity contribution < 1.29 is 4.74 Å². The van der Waals surface area contributed by atoms with Crippen molar-refractivity contribution in [3.63, 3.8) is 0 Å². The summed E-state index contributed by atoms with van der Waals surface area (Å²) in [5, 5.41) is 0.574. The maximum atomic E-state index is 13.3. The lowest BCUT2D eigenvalue weighted by molar-refractivity contribution is 0.414. The fourth-order valence-corrected chi connectivity index (χ4v) is 3.46. The van der Waals surface area contributed by atoms with Crippen molar-refractivity contribution in [2.75, 3.05) is 7.11 Å². The molecule has 0 saturated carbocycles. The lowest BCUT2D eigenvalue weighted by Crippen LogP contribution is -2.22. The van der Waals surface area contributed by atoms with Crippen LogP contribution in [0.4, 0.5) is 0 Å². The number of nitrogens with zero attached hydrogens (tertiary/aromatic N) is 2. The zero-order valence-electron chi connectivity index (χ0n) is 15.2. The van der Waals surface area contributed by atoms with E-state index in [-0.39, 0.29) is 5.56 Å². The van der Waals surface area contributed by atoms with E-state index >= 15 is 0 Å². The third-order valence-electron chi connectivity index (χ3n) is 4.39. The summed E-state index contributed by atoms with van der Waals surface area (Å²) in [6, 6.07) is 22.7. The molecule has 0 bridgehead atoms. The van der Waals surface area contributed by atoms with E-state index in [2.05, 4.69) is 15.9 Å². The van der Waals surface area contributed by atoms with Crippen LogP contribution >= 0.6 is 15.9 Å². The van der Waals surface area contributed by atoms with Gasteiger partial charge in [-0.2, -0.15) is 0 Å². The number of fused-ring (bicyclic) bond motifs is 1. The quantitative estimate of drug-likeness (QED) is 0.437. The van der Waals surface area contributed by atoms with Crippen molar-refractivity contribution in [3.8, 4) is 11.4 Å². The summed E-state index contributed by atoms with van der Waals surface area (Å²) in [7, 11) is 1.61. The molecule has 0 unspecified atom stereocenters. The smallest absolute Gasteiger partial charge is 0.266 e. The molecule has 0 saturated heterocycles. The Hall–Kier alpha value is -3.18. The fraction of sp³-hybridized carbons (Fsp3) is 0.0435. The number of hydrogen-bond donors (Lipinski definition) is 0. The van der Waals surface area contributed by atoms with Crippen LogP contribution < -0.4 is 10.3 Å². The first-order chi connectivity index (χ1) is 13.7. The van der Waals surface area contributed by atoms with Crippen LogP contribution in [-0.4, -0.2) is 16.7 Å². The molecule has 5 heteroatoms. The molecule has 0 aliphatic heterocycles. The number of methoxy groups -OCH3 is 1. The van der Waals surface area contributed by atoms with Gasteiger partial charge in [0.05, 0.1) is 23.7 Å². The van der Waals surface area contributed by atoms with E-state index in [1.165, 1.54) is 0 Å². The first-order valence-electron chi connectivity index (χ1n) is 8.75. The summed E-state index contributed by atoms with van der Waals surface area (Å²) < 4.78 is 7.93. The monoisotopic (exact) mass is 432 g/mol. The van der Waals surface area contributed by atoms with Crippen LogP contribution in [0.25, 0.3) is 28.7 Å². The van der Waals surface area contributed by atoms with Gasteiger partial charge in [0.2, 0.25) is 0 Å². The summed E-state index contributed by atoms with van der Waals surface area (Å²) in [6.45, 7) is 0. The summed E-state index contributed by atoms with van der Waals surface area (Å²) in [5.74, 6) is 1.23. The predicted octanol–water partition coefficient (Wildman–Crippen LogP) is 5.33. The Morgan fingerprint density at radius 3 is 2.61 bits per heavy atom. The van der Waals surface area contributed by atoms with E-state index < -0.39 is 0 Å². The van der Waals surface area contributed by atoms with Gasteiger partial charge in [-0.3, -0.25) is 9.36 Å². The molecule has 4 nitrogen and oxygen atoms in total. The van der Waals surface area contributed by atoms with Gasteiger partial charge >= 0.3 is 0 Å². The molecule has 0 fully saturated rings. The molecular weight excluding hydrogens is 416 g/mol. The third-order valence-corrected chi connectivity index (χ3v) is 4.88. The number of benzene rings is 3. The van der Waals surface area contributed by atoms with Crippen LogP contribution in [0.2, 0.25) is 0 Å². The predicted molar refractivity (Wildman–Crippen MR) is 117 cm³/mol. The molecule has 0 amide bonds. The molecule has 0 radical (unpaired) electrons. The number of halogens is 1. The Labute approximate surface area is 170 Å². The normalized spacial score (nSPS) is 11.2. The zero-order valence-corrected chi connectivity index (χ0v) is 16.8.